The van der Waals surface area contributed by atoms with Crippen molar-refractivity contribution in [1.82, 2.24) is 10.3 Å². The van der Waals surface area contributed by atoms with Gasteiger partial charge in [0.1, 0.15) is 11.5 Å². The molecule has 0 saturated carbocycles. The molecule has 3 aromatic rings. The zero-order valence-corrected chi connectivity index (χ0v) is 16.8. The number of nitrogens with one attached hydrogen (secondary N) is 1. The van der Waals surface area contributed by atoms with E-state index in [1.807, 2.05) is 0 Å². The number of ether oxygens (including phenoxy) is 1. The number of carbonyl (C=O) groups is 1. The summed E-state index contributed by atoms with van der Waals surface area (Å²) in [7, 11) is 0. The highest BCUT2D eigenvalue weighted by Gasteiger charge is 2.31. The molecule has 2 aromatic carbocycles. The highest BCUT2D eigenvalue weighted by molar-refractivity contribution is 5.93. The van der Waals surface area contributed by atoms with Crippen LogP contribution < -0.4 is 10.1 Å². The molecule has 0 radical (unpaired) electrons. The number of benzene rings is 2. The summed E-state index contributed by atoms with van der Waals surface area (Å²) >= 11 is 0. The molecule has 1 aromatic heterocycles. The zero-order chi connectivity index (χ0) is 24.5. The van der Waals surface area contributed by atoms with Crippen LogP contribution in [0.1, 0.15) is 21.5 Å². The predicted octanol–water partition coefficient (Wildman–Crippen LogP) is 5.32. The van der Waals surface area contributed by atoms with E-state index >= 15 is 0 Å². The summed E-state index contributed by atoms with van der Waals surface area (Å²) in [6.07, 6.45) is -5.82. The minimum absolute atomic E-state index is 0.0496. The Morgan fingerprint density at radius 2 is 1.33 bits per heavy atom. The van der Waals surface area contributed by atoms with E-state index in [2.05, 4.69) is 10.3 Å². The van der Waals surface area contributed by atoms with Gasteiger partial charge in [0.05, 0.1) is 23.3 Å². The molecule has 2 N–H and O–H groups in total. The Bertz CT molecular complexity index is 950. The molecule has 0 saturated heterocycles. The number of aliphatic hydroxyl groups excluding tert-OH is 1. The maximum absolute atomic E-state index is 12.4. The van der Waals surface area contributed by atoms with Gasteiger partial charge in [-0.1, -0.05) is 0 Å². The number of carbonyl (C=O) groups excluding carboxylic acids is 1. The average molecular weight is 472 g/mol. The molecule has 33 heavy (non-hydrogen) atoms. The minimum atomic E-state index is -4.45. The maximum atomic E-state index is 12.4. The SMILES string of the molecule is FC(F)(F)c1ccc(Oc2ccc(C(F)(F)F)cc2)cc1.O=C(NCCO)c1cccnc1. The van der Waals surface area contributed by atoms with Gasteiger partial charge in [0.25, 0.3) is 5.91 Å². The number of aromatic nitrogens is 1. The van der Waals surface area contributed by atoms with Crippen molar-refractivity contribution in [2.75, 3.05) is 13.2 Å². The van der Waals surface area contributed by atoms with E-state index in [0.717, 1.165) is 48.5 Å². The van der Waals surface area contributed by atoms with Crippen molar-refractivity contribution < 1.29 is 41.0 Å². The molecular weight excluding hydrogens is 454 g/mol. The van der Waals surface area contributed by atoms with Gasteiger partial charge in [-0.15, -0.1) is 0 Å². The second-order valence-corrected chi connectivity index (χ2v) is 6.37. The number of alkyl halides is 6. The Hall–Kier alpha value is -3.60. The molecule has 0 bridgehead atoms. The van der Waals surface area contributed by atoms with E-state index in [4.69, 9.17) is 9.84 Å². The Kier molecular flexibility index (Phi) is 8.80. The number of nitrogens with zero attached hydrogens (tertiary/aromatic N) is 1. The van der Waals surface area contributed by atoms with E-state index in [9.17, 15) is 31.1 Å². The second-order valence-electron chi connectivity index (χ2n) is 6.37. The van der Waals surface area contributed by atoms with E-state index in [1.54, 1.807) is 18.3 Å². The molecule has 0 spiro atoms. The fraction of sp³-hybridized carbons (Fsp3) is 0.182. The zero-order valence-electron chi connectivity index (χ0n) is 16.8. The normalized spacial score (nSPS) is 11.2. The van der Waals surface area contributed by atoms with Crippen LogP contribution in [0.3, 0.4) is 0 Å². The molecule has 5 nitrogen and oxygen atoms in total. The van der Waals surface area contributed by atoms with Gasteiger partial charge in [-0.05, 0) is 60.7 Å². The third-order valence-electron chi connectivity index (χ3n) is 3.92. The second kappa shape index (κ2) is 11.3. The first-order valence-corrected chi connectivity index (χ1v) is 9.32. The number of hydrogen-bond acceptors (Lipinski definition) is 4. The number of rotatable bonds is 5. The Morgan fingerprint density at radius 3 is 1.70 bits per heavy atom. The molecule has 0 unspecified atom stereocenters. The first-order chi connectivity index (χ1) is 15.5. The van der Waals surface area contributed by atoms with Gasteiger partial charge < -0.3 is 15.2 Å². The highest BCUT2D eigenvalue weighted by atomic mass is 19.4. The molecule has 0 aliphatic rings. The Balaban J connectivity index is 0.000000273. The van der Waals surface area contributed by atoms with E-state index in [0.29, 0.717) is 5.56 Å². The van der Waals surface area contributed by atoms with Gasteiger partial charge in [-0.3, -0.25) is 9.78 Å². The number of amides is 1. The van der Waals surface area contributed by atoms with Crippen molar-refractivity contribution in [1.29, 1.82) is 0 Å². The largest absolute Gasteiger partial charge is 0.457 e. The van der Waals surface area contributed by atoms with E-state index in [-0.39, 0.29) is 30.6 Å². The van der Waals surface area contributed by atoms with E-state index < -0.39 is 23.5 Å². The smallest absolute Gasteiger partial charge is 0.416 e. The molecule has 11 heteroatoms. The lowest BCUT2D eigenvalue weighted by Gasteiger charge is -2.10. The lowest BCUT2D eigenvalue weighted by molar-refractivity contribution is -0.138. The standard InChI is InChI=1S/C14H8F6O.C8H10N2O2/c15-13(16,17)9-1-5-11(6-2-9)21-12-7-3-10(4-8-12)14(18,19)20;11-5-4-10-8(12)7-2-1-3-9-6-7/h1-8H;1-3,6,11H,4-5H2,(H,10,12). The van der Waals surface area contributed by atoms with Crippen LogP contribution in [0.15, 0.2) is 73.1 Å². The Labute approximate surface area is 184 Å². The summed E-state index contributed by atoms with van der Waals surface area (Å²) in [6, 6.07) is 11.1. The average Bonchev–Trinajstić information content (AvgIpc) is 2.78. The van der Waals surface area contributed by atoms with Gasteiger partial charge >= 0.3 is 12.4 Å². The van der Waals surface area contributed by atoms with E-state index in [1.165, 1.54) is 6.20 Å². The molecular formula is C22H18F6N2O3. The van der Waals surface area contributed by atoms with Crippen LogP contribution in [0, 0.1) is 0 Å². The maximum Gasteiger partial charge on any atom is 0.416 e. The molecule has 176 valence electrons. The summed E-state index contributed by atoms with van der Waals surface area (Å²) in [4.78, 5) is 14.9. The molecule has 1 heterocycles. The predicted molar refractivity (Wildman–Crippen MR) is 107 cm³/mol. The molecule has 0 aliphatic heterocycles. The topological polar surface area (TPSA) is 71.5 Å². The van der Waals surface area contributed by atoms with Crippen LogP contribution in [0.2, 0.25) is 0 Å². The van der Waals surface area contributed by atoms with Crippen molar-refractivity contribution in [3.63, 3.8) is 0 Å². The number of pyridine rings is 1. The number of halogens is 6. The summed E-state index contributed by atoms with van der Waals surface area (Å²) < 4.78 is 79.3. The van der Waals surface area contributed by atoms with Crippen LogP contribution in [-0.2, 0) is 12.4 Å². The summed E-state index contributed by atoms with van der Waals surface area (Å²) in [5, 5.41) is 11.0. The monoisotopic (exact) mass is 472 g/mol. The molecule has 3 rings (SSSR count). The minimum Gasteiger partial charge on any atom is -0.457 e. The summed E-state index contributed by atoms with van der Waals surface area (Å²) in [6.45, 7) is 0.222. The van der Waals surface area contributed by atoms with Crippen molar-refractivity contribution >= 4 is 5.91 Å². The summed E-state index contributed by atoms with van der Waals surface area (Å²) in [5.74, 6) is -0.0114. The first-order valence-electron chi connectivity index (χ1n) is 9.32. The van der Waals surface area contributed by atoms with Crippen LogP contribution in [0.25, 0.3) is 0 Å². The number of aliphatic hydroxyl groups is 1. The molecule has 0 atom stereocenters. The van der Waals surface area contributed by atoms with Gasteiger partial charge in [0.2, 0.25) is 0 Å². The lowest BCUT2D eigenvalue weighted by Crippen LogP contribution is -2.26. The highest BCUT2D eigenvalue weighted by Crippen LogP contribution is 2.33. The van der Waals surface area contributed by atoms with Crippen LogP contribution >= 0.6 is 0 Å². The molecule has 0 fully saturated rings. The fourth-order valence-corrected chi connectivity index (χ4v) is 2.33. The van der Waals surface area contributed by atoms with Gasteiger partial charge in [0, 0.05) is 18.9 Å². The number of hydrogen-bond donors (Lipinski definition) is 2. The first kappa shape index (κ1) is 25.7. The van der Waals surface area contributed by atoms with Crippen LogP contribution in [-0.4, -0.2) is 29.1 Å². The van der Waals surface area contributed by atoms with Crippen LogP contribution in [0.5, 0.6) is 11.5 Å². The third-order valence-corrected chi connectivity index (χ3v) is 3.92. The molecule has 0 aliphatic carbocycles. The fourth-order valence-electron chi connectivity index (χ4n) is 2.33. The lowest BCUT2D eigenvalue weighted by atomic mass is 10.2. The quantitative estimate of drug-likeness (QED) is 0.493. The van der Waals surface area contributed by atoms with Crippen molar-refractivity contribution in [2.24, 2.45) is 0 Å². The van der Waals surface area contributed by atoms with Gasteiger partial charge in [-0.2, -0.15) is 26.3 Å². The van der Waals surface area contributed by atoms with Crippen molar-refractivity contribution in [3.8, 4) is 11.5 Å². The third kappa shape index (κ3) is 8.45. The Morgan fingerprint density at radius 1 is 0.848 bits per heavy atom. The van der Waals surface area contributed by atoms with Crippen LogP contribution in [0.4, 0.5) is 26.3 Å². The van der Waals surface area contributed by atoms with Crippen molar-refractivity contribution in [3.05, 3.63) is 89.7 Å². The van der Waals surface area contributed by atoms with Gasteiger partial charge in [-0.25, -0.2) is 0 Å². The van der Waals surface area contributed by atoms with Gasteiger partial charge in [0.15, 0.2) is 0 Å². The molecule has 1 amide bonds. The summed E-state index contributed by atoms with van der Waals surface area (Å²) in [5.41, 5.74) is -1.16. The van der Waals surface area contributed by atoms with Crippen molar-refractivity contribution in [2.45, 2.75) is 12.4 Å².